The fourth-order valence-corrected chi connectivity index (χ4v) is 2.60. The van der Waals surface area contributed by atoms with Gasteiger partial charge in [0.25, 0.3) is 0 Å². The van der Waals surface area contributed by atoms with Crippen LogP contribution >= 0.6 is 15.9 Å². The highest BCUT2D eigenvalue weighted by atomic mass is 79.9. The molecule has 5 heteroatoms. The van der Waals surface area contributed by atoms with E-state index in [0.29, 0.717) is 16.3 Å². The van der Waals surface area contributed by atoms with Crippen molar-refractivity contribution in [3.05, 3.63) is 22.6 Å². The number of piperidine rings is 1. The van der Waals surface area contributed by atoms with E-state index in [0.717, 1.165) is 25.9 Å². The maximum Gasteiger partial charge on any atom is 0.166 e. The van der Waals surface area contributed by atoms with Gasteiger partial charge >= 0.3 is 0 Å². The van der Waals surface area contributed by atoms with Gasteiger partial charge in [-0.05, 0) is 48.4 Å². The van der Waals surface area contributed by atoms with Gasteiger partial charge in [0.1, 0.15) is 0 Å². The molecule has 2 rings (SSSR count). The van der Waals surface area contributed by atoms with Crippen molar-refractivity contribution >= 4 is 21.7 Å². The van der Waals surface area contributed by atoms with Gasteiger partial charge in [0.15, 0.2) is 11.6 Å². The summed E-state index contributed by atoms with van der Waals surface area (Å²) < 4.78 is 14.5. The molecule has 3 nitrogen and oxygen atoms in total. The summed E-state index contributed by atoms with van der Waals surface area (Å²) in [5, 5.41) is 0. The van der Waals surface area contributed by atoms with Gasteiger partial charge in [0.2, 0.25) is 0 Å². The number of hydrogen-bond donors (Lipinski definition) is 0. The van der Waals surface area contributed by atoms with Crippen LogP contribution in [0.15, 0.2) is 16.7 Å². The number of anilines is 1. The third-order valence-electron chi connectivity index (χ3n) is 3.27. The molecule has 0 N–H and O–H groups in total. The molecule has 1 aliphatic rings. The Labute approximate surface area is 110 Å². The van der Waals surface area contributed by atoms with Crippen molar-refractivity contribution in [3.63, 3.8) is 0 Å². The monoisotopic (exact) mass is 301 g/mol. The average molecular weight is 302 g/mol. The third kappa shape index (κ3) is 2.96. The fourth-order valence-electron chi connectivity index (χ4n) is 2.30. The summed E-state index contributed by atoms with van der Waals surface area (Å²) >= 11 is 3.22. The summed E-state index contributed by atoms with van der Waals surface area (Å²) in [7, 11) is 4.02. The highest BCUT2D eigenvalue weighted by Gasteiger charge is 2.23. The molecule has 1 fully saturated rings. The van der Waals surface area contributed by atoms with E-state index in [1.54, 1.807) is 6.20 Å². The van der Waals surface area contributed by atoms with Crippen molar-refractivity contribution in [2.24, 2.45) is 0 Å². The zero-order valence-corrected chi connectivity index (χ0v) is 11.7. The number of pyridine rings is 1. The van der Waals surface area contributed by atoms with Crippen LogP contribution in [-0.4, -0.2) is 43.1 Å². The average Bonchev–Trinajstić information content (AvgIpc) is 2.28. The van der Waals surface area contributed by atoms with Gasteiger partial charge in [-0.2, -0.15) is 0 Å². The summed E-state index contributed by atoms with van der Waals surface area (Å²) in [5.74, 6) is 0.170. The molecule has 0 amide bonds. The van der Waals surface area contributed by atoms with Crippen molar-refractivity contribution in [1.82, 2.24) is 9.88 Å². The molecular weight excluding hydrogens is 285 g/mol. The predicted molar refractivity (Wildman–Crippen MR) is 70.8 cm³/mol. The Morgan fingerprint density at radius 3 is 3.00 bits per heavy atom. The quantitative estimate of drug-likeness (QED) is 0.837. The first-order chi connectivity index (χ1) is 8.08. The van der Waals surface area contributed by atoms with Crippen LogP contribution < -0.4 is 4.90 Å². The first-order valence-corrected chi connectivity index (χ1v) is 6.59. The molecule has 1 aliphatic heterocycles. The molecule has 2 heterocycles. The second-order valence-corrected chi connectivity index (χ2v) is 5.54. The second-order valence-electron chi connectivity index (χ2n) is 4.63. The van der Waals surface area contributed by atoms with Crippen molar-refractivity contribution < 1.29 is 4.39 Å². The molecule has 1 atom stereocenters. The molecule has 1 saturated heterocycles. The van der Waals surface area contributed by atoms with Crippen molar-refractivity contribution in [3.8, 4) is 0 Å². The molecule has 17 heavy (non-hydrogen) atoms. The van der Waals surface area contributed by atoms with E-state index >= 15 is 0 Å². The van der Waals surface area contributed by atoms with E-state index < -0.39 is 0 Å². The molecular formula is C12H17BrFN3. The summed E-state index contributed by atoms with van der Waals surface area (Å²) in [6, 6.07) is 1.81. The second kappa shape index (κ2) is 5.31. The van der Waals surface area contributed by atoms with Crippen LogP contribution in [0.5, 0.6) is 0 Å². The van der Waals surface area contributed by atoms with Crippen LogP contribution in [0.1, 0.15) is 12.8 Å². The van der Waals surface area contributed by atoms with Crippen molar-refractivity contribution in [2.45, 2.75) is 18.9 Å². The number of aromatic nitrogens is 1. The SMILES string of the molecule is CN1CCCC(N(C)c2ncc(Br)cc2F)C1. The molecule has 0 bridgehead atoms. The van der Waals surface area contributed by atoms with E-state index in [-0.39, 0.29) is 5.82 Å². The van der Waals surface area contributed by atoms with Crippen molar-refractivity contribution in [2.75, 3.05) is 32.1 Å². The lowest BCUT2D eigenvalue weighted by Crippen LogP contribution is -2.45. The molecule has 0 saturated carbocycles. The van der Waals surface area contributed by atoms with Crippen LogP contribution in [-0.2, 0) is 0 Å². The molecule has 0 spiro atoms. The van der Waals surface area contributed by atoms with Crippen LogP contribution in [0.2, 0.25) is 0 Å². The summed E-state index contributed by atoms with van der Waals surface area (Å²) in [4.78, 5) is 8.40. The minimum Gasteiger partial charge on any atom is -0.353 e. The fraction of sp³-hybridized carbons (Fsp3) is 0.583. The predicted octanol–water partition coefficient (Wildman–Crippen LogP) is 2.51. The zero-order valence-electron chi connectivity index (χ0n) is 10.2. The largest absolute Gasteiger partial charge is 0.353 e. The highest BCUT2D eigenvalue weighted by molar-refractivity contribution is 9.10. The van der Waals surface area contributed by atoms with Crippen LogP contribution in [0.4, 0.5) is 10.2 Å². The van der Waals surface area contributed by atoms with Gasteiger partial charge in [0.05, 0.1) is 0 Å². The highest BCUT2D eigenvalue weighted by Crippen LogP contribution is 2.23. The lowest BCUT2D eigenvalue weighted by molar-refractivity contribution is 0.247. The summed E-state index contributed by atoms with van der Waals surface area (Å²) in [6.45, 7) is 2.09. The third-order valence-corrected chi connectivity index (χ3v) is 3.70. The zero-order chi connectivity index (χ0) is 12.4. The van der Waals surface area contributed by atoms with Gasteiger partial charge in [0, 0.05) is 30.3 Å². The lowest BCUT2D eigenvalue weighted by atomic mass is 10.1. The number of likely N-dealkylation sites (N-methyl/N-ethyl adjacent to an activating group) is 2. The van der Waals surface area contributed by atoms with E-state index in [2.05, 4.69) is 32.9 Å². The normalized spacial score (nSPS) is 21.5. The van der Waals surface area contributed by atoms with E-state index in [4.69, 9.17) is 0 Å². The minimum atomic E-state index is -0.268. The van der Waals surface area contributed by atoms with Crippen LogP contribution in [0, 0.1) is 5.82 Å². The van der Waals surface area contributed by atoms with Crippen molar-refractivity contribution in [1.29, 1.82) is 0 Å². The molecule has 94 valence electrons. The van der Waals surface area contributed by atoms with E-state index in [9.17, 15) is 4.39 Å². The topological polar surface area (TPSA) is 19.4 Å². The van der Waals surface area contributed by atoms with Gasteiger partial charge in [-0.1, -0.05) is 0 Å². The number of likely N-dealkylation sites (tertiary alicyclic amines) is 1. The number of rotatable bonds is 2. The van der Waals surface area contributed by atoms with Gasteiger partial charge < -0.3 is 9.80 Å². The van der Waals surface area contributed by atoms with Crippen LogP contribution in [0.3, 0.4) is 0 Å². The standard InChI is InChI=1S/C12H17BrFN3/c1-16-5-3-4-10(8-16)17(2)12-11(14)6-9(13)7-15-12/h6-7,10H,3-5,8H2,1-2H3. The Bertz CT molecular complexity index is 399. The Hall–Kier alpha value is -0.680. The molecule has 0 aliphatic carbocycles. The molecule has 1 aromatic heterocycles. The number of nitrogens with zero attached hydrogens (tertiary/aromatic N) is 3. The summed E-state index contributed by atoms with van der Waals surface area (Å²) in [5.41, 5.74) is 0. The van der Waals surface area contributed by atoms with Gasteiger partial charge in [-0.25, -0.2) is 9.37 Å². The van der Waals surface area contributed by atoms with E-state index in [1.807, 2.05) is 11.9 Å². The maximum absolute atomic E-state index is 13.8. The molecule has 1 aromatic rings. The Kier molecular flexibility index (Phi) is 3.99. The van der Waals surface area contributed by atoms with E-state index in [1.165, 1.54) is 6.07 Å². The number of hydrogen-bond acceptors (Lipinski definition) is 3. The summed E-state index contributed by atoms with van der Waals surface area (Å²) in [6.07, 6.45) is 3.89. The molecule has 0 aromatic carbocycles. The Morgan fingerprint density at radius 1 is 1.59 bits per heavy atom. The maximum atomic E-state index is 13.8. The minimum absolute atomic E-state index is 0.268. The Balaban J connectivity index is 2.15. The van der Waals surface area contributed by atoms with Crippen LogP contribution in [0.25, 0.3) is 0 Å². The lowest BCUT2D eigenvalue weighted by Gasteiger charge is -2.36. The first-order valence-electron chi connectivity index (χ1n) is 5.80. The molecule has 1 unspecified atom stereocenters. The smallest absolute Gasteiger partial charge is 0.166 e. The van der Waals surface area contributed by atoms with Gasteiger partial charge in [-0.15, -0.1) is 0 Å². The first kappa shape index (κ1) is 12.8. The molecule has 0 radical (unpaired) electrons. The Morgan fingerprint density at radius 2 is 2.35 bits per heavy atom. The number of halogens is 2. The van der Waals surface area contributed by atoms with Gasteiger partial charge in [-0.3, -0.25) is 0 Å².